The van der Waals surface area contributed by atoms with E-state index in [-0.39, 0.29) is 0 Å². The maximum absolute atomic E-state index is 11.1. The molecule has 1 heterocycles. The van der Waals surface area contributed by atoms with Crippen LogP contribution in [0.1, 0.15) is 42.6 Å². The van der Waals surface area contributed by atoms with E-state index in [1.165, 1.54) is 5.56 Å². The lowest BCUT2D eigenvalue weighted by Crippen LogP contribution is -2.32. The molecule has 18 heavy (non-hydrogen) atoms. The molecule has 2 aromatic rings. The Bertz CT molecular complexity index is 575. The van der Waals surface area contributed by atoms with Crippen LogP contribution in [0.25, 0.3) is 0 Å². The van der Waals surface area contributed by atoms with Crippen molar-refractivity contribution in [3.63, 3.8) is 0 Å². The molecule has 2 nitrogen and oxygen atoms in total. The summed E-state index contributed by atoms with van der Waals surface area (Å²) in [6.45, 7) is 2.20. The summed E-state index contributed by atoms with van der Waals surface area (Å²) < 4.78 is 6.33. The zero-order valence-electron chi connectivity index (χ0n) is 10.2. The van der Waals surface area contributed by atoms with E-state index < -0.39 is 5.60 Å². The van der Waals surface area contributed by atoms with Crippen LogP contribution in [-0.2, 0) is 5.60 Å². The largest absolute Gasteiger partial charge is 0.465 e. The number of halogens is 1. The van der Waals surface area contributed by atoms with Gasteiger partial charge in [0.05, 0.1) is 10.7 Å². The first kappa shape index (κ1) is 12.0. The minimum absolute atomic E-state index is 0.482. The Morgan fingerprint density at radius 1 is 1.33 bits per heavy atom. The van der Waals surface area contributed by atoms with E-state index >= 15 is 0 Å². The molecule has 3 rings (SSSR count). The van der Waals surface area contributed by atoms with Crippen molar-refractivity contribution in [3.8, 4) is 0 Å². The molecule has 0 spiro atoms. The fourth-order valence-corrected chi connectivity index (χ4v) is 3.37. The van der Waals surface area contributed by atoms with E-state index in [0.717, 1.165) is 16.5 Å². The Hall–Kier alpha value is -1.06. The average Bonchev–Trinajstić information content (AvgIpc) is 2.82. The number of fused-ring (bicyclic) bond motifs is 1. The monoisotopic (exact) mass is 306 g/mol. The molecule has 1 aromatic carbocycles. The highest BCUT2D eigenvalue weighted by Crippen LogP contribution is 2.46. The third kappa shape index (κ3) is 1.65. The number of furan rings is 1. The standard InChI is InChI=1S/C15H15BrO2/c1-10-6-8-15(17,14-13(16)7-9-18-14)12-5-3-2-4-11(10)12/h2-5,7,9-10,17H,6,8H2,1H3. The highest BCUT2D eigenvalue weighted by atomic mass is 79.9. The van der Waals surface area contributed by atoms with Crippen molar-refractivity contribution in [1.82, 2.24) is 0 Å². The molecular formula is C15H15BrO2. The minimum atomic E-state index is -1.01. The van der Waals surface area contributed by atoms with E-state index in [1.807, 2.05) is 24.3 Å². The van der Waals surface area contributed by atoms with Crippen molar-refractivity contribution in [2.24, 2.45) is 0 Å². The van der Waals surface area contributed by atoms with E-state index in [0.29, 0.717) is 18.1 Å². The molecule has 3 heteroatoms. The molecule has 1 aliphatic carbocycles. The van der Waals surface area contributed by atoms with Gasteiger partial charge in [-0.3, -0.25) is 0 Å². The number of hydrogen-bond donors (Lipinski definition) is 1. The second kappa shape index (κ2) is 4.25. The summed E-state index contributed by atoms with van der Waals surface area (Å²) in [5, 5.41) is 11.1. The molecule has 0 saturated heterocycles. The van der Waals surface area contributed by atoms with Crippen LogP contribution in [0.5, 0.6) is 0 Å². The molecule has 0 aliphatic heterocycles. The van der Waals surface area contributed by atoms with E-state index in [4.69, 9.17) is 4.42 Å². The van der Waals surface area contributed by atoms with E-state index in [2.05, 4.69) is 28.9 Å². The number of hydrogen-bond acceptors (Lipinski definition) is 2. The summed E-state index contributed by atoms with van der Waals surface area (Å²) >= 11 is 3.45. The summed E-state index contributed by atoms with van der Waals surface area (Å²) in [6, 6.07) is 9.92. The van der Waals surface area contributed by atoms with Gasteiger partial charge in [-0.25, -0.2) is 0 Å². The molecule has 0 bridgehead atoms. The molecule has 0 radical (unpaired) electrons. The minimum Gasteiger partial charge on any atom is -0.465 e. The number of aliphatic hydroxyl groups is 1. The van der Waals surface area contributed by atoms with Crippen molar-refractivity contribution in [1.29, 1.82) is 0 Å². The first-order chi connectivity index (χ1) is 8.63. The van der Waals surface area contributed by atoms with Gasteiger partial charge < -0.3 is 9.52 Å². The van der Waals surface area contributed by atoms with Gasteiger partial charge >= 0.3 is 0 Å². The van der Waals surface area contributed by atoms with Crippen LogP contribution in [0.3, 0.4) is 0 Å². The van der Waals surface area contributed by atoms with Gasteiger partial charge in [-0.05, 0) is 51.9 Å². The van der Waals surface area contributed by atoms with Crippen LogP contribution < -0.4 is 0 Å². The molecule has 1 aromatic heterocycles. The highest BCUT2D eigenvalue weighted by molar-refractivity contribution is 9.10. The van der Waals surface area contributed by atoms with Gasteiger partial charge in [0.2, 0.25) is 0 Å². The lowest BCUT2D eigenvalue weighted by atomic mass is 9.73. The first-order valence-corrected chi connectivity index (χ1v) is 6.97. The molecule has 2 atom stereocenters. The highest BCUT2D eigenvalue weighted by Gasteiger charge is 2.41. The number of rotatable bonds is 1. The summed E-state index contributed by atoms with van der Waals surface area (Å²) in [5.41, 5.74) is 1.18. The lowest BCUT2D eigenvalue weighted by molar-refractivity contribution is 0.0350. The van der Waals surface area contributed by atoms with Crippen molar-refractivity contribution in [2.75, 3.05) is 0 Å². The third-order valence-electron chi connectivity index (χ3n) is 3.87. The van der Waals surface area contributed by atoms with Crippen LogP contribution in [0.15, 0.2) is 45.5 Å². The van der Waals surface area contributed by atoms with Gasteiger partial charge in [0, 0.05) is 0 Å². The van der Waals surface area contributed by atoms with Crippen molar-refractivity contribution >= 4 is 15.9 Å². The molecule has 0 saturated carbocycles. The van der Waals surface area contributed by atoms with Gasteiger partial charge in [-0.1, -0.05) is 31.2 Å². The van der Waals surface area contributed by atoms with Crippen molar-refractivity contribution in [3.05, 3.63) is 58.0 Å². The fourth-order valence-electron chi connectivity index (χ4n) is 2.84. The average molecular weight is 307 g/mol. The maximum Gasteiger partial charge on any atom is 0.154 e. The normalized spacial score (nSPS) is 26.9. The van der Waals surface area contributed by atoms with Gasteiger partial charge in [0.15, 0.2) is 5.76 Å². The summed E-state index contributed by atoms with van der Waals surface area (Å²) in [6.07, 6.45) is 3.26. The van der Waals surface area contributed by atoms with E-state index in [9.17, 15) is 5.11 Å². The second-order valence-corrected chi connectivity index (χ2v) is 5.84. The Labute approximate surface area is 115 Å². The molecule has 94 valence electrons. The topological polar surface area (TPSA) is 33.4 Å². The fraction of sp³-hybridized carbons (Fsp3) is 0.333. The Kier molecular flexibility index (Phi) is 2.83. The first-order valence-electron chi connectivity index (χ1n) is 6.18. The molecule has 1 N–H and O–H groups in total. The van der Waals surface area contributed by atoms with E-state index in [1.54, 1.807) is 6.26 Å². The van der Waals surface area contributed by atoms with Gasteiger partial charge in [0.25, 0.3) is 0 Å². The molecule has 0 amide bonds. The summed E-state index contributed by atoms with van der Waals surface area (Å²) in [7, 11) is 0. The Morgan fingerprint density at radius 2 is 2.11 bits per heavy atom. The van der Waals surface area contributed by atoms with Crippen LogP contribution in [0, 0.1) is 0 Å². The second-order valence-electron chi connectivity index (χ2n) is 4.98. The lowest BCUT2D eigenvalue weighted by Gasteiger charge is -2.36. The molecular weight excluding hydrogens is 292 g/mol. The zero-order valence-corrected chi connectivity index (χ0v) is 11.8. The molecule has 2 unspecified atom stereocenters. The molecule has 1 aliphatic rings. The van der Waals surface area contributed by atoms with Crippen LogP contribution >= 0.6 is 15.9 Å². The smallest absolute Gasteiger partial charge is 0.154 e. The van der Waals surface area contributed by atoms with Gasteiger partial charge in [0.1, 0.15) is 5.60 Å². The Balaban J connectivity index is 2.20. The predicted octanol–water partition coefficient (Wildman–Crippen LogP) is 4.18. The van der Waals surface area contributed by atoms with Gasteiger partial charge in [-0.15, -0.1) is 0 Å². The maximum atomic E-state index is 11.1. The van der Waals surface area contributed by atoms with Crippen molar-refractivity contribution < 1.29 is 9.52 Å². The van der Waals surface area contributed by atoms with Crippen LogP contribution in [0.2, 0.25) is 0 Å². The molecule has 0 fully saturated rings. The summed E-state index contributed by atoms with van der Waals surface area (Å²) in [5.74, 6) is 1.09. The third-order valence-corrected chi connectivity index (χ3v) is 4.49. The predicted molar refractivity (Wildman–Crippen MR) is 73.5 cm³/mol. The van der Waals surface area contributed by atoms with Crippen LogP contribution in [-0.4, -0.2) is 5.11 Å². The SMILES string of the molecule is CC1CCC(O)(c2occc2Br)c2ccccc21. The number of benzene rings is 1. The van der Waals surface area contributed by atoms with Gasteiger partial charge in [-0.2, -0.15) is 0 Å². The Morgan fingerprint density at radius 3 is 2.83 bits per heavy atom. The van der Waals surface area contributed by atoms with Crippen molar-refractivity contribution in [2.45, 2.75) is 31.3 Å². The summed E-state index contributed by atoms with van der Waals surface area (Å²) in [4.78, 5) is 0. The quantitative estimate of drug-likeness (QED) is 0.857. The van der Waals surface area contributed by atoms with Crippen LogP contribution in [0.4, 0.5) is 0 Å². The zero-order chi connectivity index (χ0) is 12.8.